The summed E-state index contributed by atoms with van der Waals surface area (Å²) in [6, 6.07) is 5.66. The van der Waals surface area contributed by atoms with Gasteiger partial charge in [0.25, 0.3) is 0 Å². The van der Waals surface area contributed by atoms with Gasteiger partial charge in [-0.15, -0.1) is 0 Å². The van der Waals surface area contributed by atoms with Crippen LogP contribution in [0.25, 0.3) is 6.08 Å². The lowest BCUT2D eigenvalue weighted by Gasteiger charge is -2.03. The van der Waals surface area contributed by atoms with Crippen LogP contribution in [0, 0.1) is 17.1 Å². The molecule has 0 aliphatic carbocycles. The number of methoxy groups -OCH3 is 2. The van der Waals surface area contributed by atoms with E-state index in [0.29, 0.717) is 5.75 Å². The van der Waals surface area contributed by atoms with Gasteiger partial charge in [-0.2, -0.15) is 5.26 Å². The highest BCUT2D eigenvalue weighted by Gasteiger charge is 2.10. The lowest BCUT2D eigenvalue weighted by atomic mass is 10.1. The van der Waals surface area contributed by atoms with Crippen molar-refractivity contribution < 1.29 is 18.7 Å². The highest BCUT2D eigenvalue weighted by atomic mass is 19.1. The van der Waals surface area contributed by atoms with Crippen LogP contribution >= 0.6 is 0 Å². The Morgan fingerprint density at radius 3 is 2.71 bits per heavy atom. The first-order valence-corrected chi connectivity index (χ1v) is 4.66. The van der Waals surface area contributed by atoms with Crippen molar-refractivity contribution in [2.24, 2.45) is 0 Å². The number of halogens is 1. The molecule has 88 valence electrons. The Kier molecular flexibility index (Phi) is 4.23. The van der Waals surface area contributed by atoms with Crippen molar-refractivity contribution >= 4 is 12.0 Å². The third-order valence-corrected chi connectivity index (χ3v) is 2.03. The lowest BCUT2D eigenvalue weighted by Crippen LogP contribution is -2.03. The van der Waals surface area contributed by atoms with E-state index in [9.17, 15) is 9.18 Å². The van der Waals surface area contributed by atoms with E-state index in [4.69, 9.17) is 10.00 Å². The van der Waals surface area contributed by atoms with E-state index >= 15 is 0 Å². The number of hydrogen-bond acceptors (Lipinski definition) is 4. The van der Waals surface area contributed by atoms with Crippen molar-refractivity contribution in [3.63, 3.8) is 0 Å². The quantitative estimate of drug-likeness (QED) is 0.456. The fraction of sp³-hybridized carbons (Fsp3) is 0.167. The fourth-order valence-corrected chi connectivity index (χ4v) is 1.16. The first kappa shape index (κ1) is 12.7. The summed E-state index contributed by atoms with van der Waals surface area (Å²) in [5.41, 5.74) is -0.189. The molecule has 5 heteroatoms. The van der Waals surface area contributed by atoms with Gasteiger partial charge in [0.15, 0.2) is 0 Å². The van der Waals surface area contributed by atoms with E-state index in [1.54, 1.807) is 6.07 Å². The summed E-state index contributed by atoms with van der Waals surface area (Å²) in [6.45, 7) is 0. The van der Waals surface area contributed by atoms with Gasteiger partial charge in [0.05, 0.1) is 14.2 Å². The molecule has 4 nitrogen and oxygen atoms in total. The zero-order chi connectivity index (χ0) is 12.8. The van der Waals surface area contributed by atoms with Crippen LogP contribution in [0.15, 0.2) is 23.8 Å². The SMILES string of the molecule is COC(=O)C(C#N)=Cc1cc(OC)ccc1F. The fourth-order valence-electron chi connectivity index (χ4n) is 1.16. The smallest absolute Gasteiger partial charge is 0.348 e. The molecule has 0 bridgehead atoms. The Bertz CT molecular complexity index is 503. The number of carbonyl (C=O) groups excluding carboxylic acids is 1. The second-order valence-corrected chi connectivity index (χ2v) is 3.05. The molecule has 0 aliphatic heterocycles. The van der Waals surface area contributed by atoms with Gasteiger partial charge in [0.1, 0.15) is 23.2 Å². The van der Waals surface area contributed by atoms with Crippen LogP contribution in [-0.4, -0.2) is 20.2 Å². The van der Waals surface area contributed by atoms with E-state index in [2.05, 4.69) is 4.74 Å². The van der Waals surface area contributed by atoms with Crippen molar-refractivity contribution in [2.45, 2.75) is 0 Å². The summed E-state index contributed by atoms with van der Waals surface area (Å²) in [6.07, 6.45) is 1.11. The highest BCUT2D eigenvalue weighted by molar-refractivity contribution is 5.97. The third-order valence-electron chi connectivity index (χ3n) is 2.03. The van der Waals surface area contributed by atoms with E-state index < -0.39 is 11.8 Å². The molecule has 0 aromatic heterocycles. The molecule has 0 amide bonds. The average Bonchev–Trinajstić information content (AvgIpc) is 2.36. The molecule has 0 unspecified atom stereocenters. The topological polar surface area (TPSA) is 59.3 Å². The number of benzene rings is 1. The molecular weight excluding hydrogens is 225 g/mol. The number of hydrogen-bond donors (Lipinski definition) is 0. The number of carbonyl (C=O) groups is 1. The maximum atomic E-state index is 13.4. The van der Waals surface area contributed by atoms with Gasteiger partial charge in [-0.3, -0.25) is 0 Å². The van der Waals surface area contributed by atoms with Crippen LogP contribution in [0.1, 0.15) is 5.56 Å². The van der Waals surface area contributed by atoms with Crippen molar-refractivity contribution in [1.29, 1.82) is 5.26 Å². The Labute approximate surface area is 97.9 Å². The van der Waals surface area contributed by atoms with Gasteiger partial charge < -0.3 is 9.47 Å². The van der Waals surface area contributed by atoms with E-state index in [1.165, 1.54) is 25.3 Å². The van der Waals surface area contributed by atoms with Gasteiger partial charge >= 0.3 is 5.97 Å². The Hall–Kier alpha value is -2.35. The molecule has 0 fully saturated rings. The minimum atomic E-state index is -0.810. The Morgan fingerprint density at radius 2 is 2.18 bits per heavy atom. The predicted octanol–water partition coefficient (Wildman–Crippen LogP) is 1.91. The minimum Gasteiger partial charge on any atom is -0.497 e. The van der Waals surface area contributed by atoms with Gasteiger partial charge in [0.2, 0.25) is 0 Å². The predicted molar refractivity (Wildman–Crippen MR) is 58.6 cm³/mol. The largest absolute Gasteiger partial charge is 0.497 e. The molecule has 0 aliphatic rings. The van der Waals surface area contributed by atoms with Crippen LogP contribution < -0.4 is 4.74 Å². The summed E-state index contributed by atoms with van der Waals surface area (Å²) in [4.78, 5) is 11.1. The normalized spacial score (nSPS) is 10.6. The summed E-state index contributed by atoms with van der Waals surface area (Å²) < 4.78 is 22.7. The maximum absolute atomic E-state index is 13.4. The second-order valence-electron chi connectivity index (χ2n) is 3.05. The zero-order valence-electron chi connectivity index (χ0n) is 9.36. The van der Waals surface area contributed by atoms with E-state index in [-0.39, 0.29) is 11.1 Å². The molecule has 0 atom stereocenters. The van der Waals surface area contributed by atoms with Crippen LogP contribution in [0.3, 0.4) is 0 Å². The van der Waals surface area contributed by atoms with Gasteiger partial charge in [0, 0.05) is 5.56 Å². The van der Waals surface area contributed by atoms with Gasteiger partial charge in [-0.05, 0) is 24.3 Å². The molecule has 0 N–H and O–H groups in total. The molecule has 0 saturated carbocycles. The number of esters is 1. The van der Waals surface area contributed by atoms with Crippen LogP contribution in [0.5, 0.6) is 5.75 Å². The second kappa shape index (κ2) is 5.66. The molecule has 0 saturated heterocycles. The monoisotopic (exact) mass is 235 g/mol. The average molecular weight is 235 g/mol. The molecular formula is C12H10FNO3. The van der Waals surface area contributed by atoms with E-state index in [1.807, 2.05) is 0 Å². The van der Waals surface area contributed by atoms with Crippen molar-refractivity contribution in [3.05, 3.63) is 35.2 Å². The van der Waals surface area contributed by atoms with Crippen molar-refractivity contribution in [3.8, 4) is 11.8 Å². The molecule has 1 rings (SSSR count). The summed E-state index contributed by atoms with van der Waals surface area (Å²) >= 11 is 0. The minimum absolute atomic E-state index is 0.0892. The molecule has 0 radical (unpaired) electrons. The van der Waals surface area contributed by atoms with Gasteiger partial charge in [-0.1, -0.05) is 0 Å². The molecule has 0 spiro atoms. The summed E-state index contributed by atoms with van der Waals surface area (Å²) in [5, 5.41) is 8.73. The lowest BCUT2D eigenvalue weighted by molar-refractivity contribution is -0.135. The molecule has 0 heterocycles. The summed E-state index contributed by atoms with van der Waals surface area (Å²) in [5.74, 6) is -0.933. The molecule has 1 aromatic carbocycles. The third kappa shape index (κ3) is 3.05. The molecule has 17 heavy (non-hydrogen) atoms. The maximum Gasteiger partial charge on any atom is 0.348 e. The van der Waals surface area contributed by atoms with Crippen LogP contribution in [0.4, 0.5) is 4.39 Å². The number of nitriles is 1. The number of nitrogens with zero attached hydrogens (tertiary/aromatic N) is 1. The Morgan fingerprint density at radius 1 is 1.47 bits per heavy atom. The number of rotatable bonds is 3. The summed E-state index contributed by atoms with van der Waals surface area (Å²) in [7, 11) is 2.59. The number of ether oxygens (including phenoxy) is 2. The Balaban J connectivity index is 3.20. The van der Waals surface area contributed by atoms with Crippen LogP contribution in [-0.2, 0) is 9.53 Å². The zero-order valence-corrected chi connectivity index (χ0v) is 9.36. The van der Waals surface area contributed by atoms with Crippen molar-refractivity contribution in [2.75, 3.05) is 14.2 Å². The standard InChI is InChI=1S/C12H10FNO3/c1-16-10-3-4-11(13)8(6-10)5-9(7-14)12(15)17-2/h3-6H,1-2H3. The van der Waals surface area contributed by atoms with E-state index in [0.717, 1.165) is 13.2 Å². The van der Waals surface area contributed by atoms with Crippen LogP contribution in [0.2, 0.25) is 0 Å². The first-order valence-electron chi connectivity index (χ1n) is 4.66. The molecule has 1 aromatic rings. The first-order chi connectivity index (χ1) is 8.12. The van der Waals surface area contributed by atoms with Crippen molar-refractivity contribution in [1.82, 2.24) is 0 Å². The highest BCUT2D eigenvalue weighted by Crippen LogP contribution is 2.19. The van der Waals surface area contributed by atoms with Gasteiger partial charge in [-0.25, -0.2) is 9.18 Å².